The van der Waals surface area contributed by atoms with Crippen molar-refractivity contribution in [3.63, 3.8) is 0 Å². The number of hydrogen-bond acceptors (Lipinski definition) is 2. The molecule has 1 atom stereocenters. The van der Waals surface area contributed by atoms with Crippen molar-refractivity contribution in [3.8, 4) is 0 Å². The van der Waals surface area contributed by atoms with Crippen molar-refractivity contribution in [1.82, 2.24) is 9.78 Å². The third-order valence-electron chi connectivity index (χ3n) is 3.71. The Morgan fingerprint density at radius 2 is 2.12 bits per heavy atom. The van der Waals surface area contributed by atoms with E-state index in [1.165, 1.54) is 32.1 Å². The number of aromatic nitrogens is 2. The first-order valence-corrected chi connectivity index (χ1v) is 6.34. The Balaban J connectivity index is 1.95. The van der Waals surface area contributed by atoms with Gasteiger partial charge in [-0.05, 0) is 31.7 Å². The molecule has 1 aromatic rings. The molecule has 1 aromatic heterocycles. The van der Waals surface area contributed by atoms with Gasteiger partial charge in [-0.3, -0.25) is 4.68 Å². The molecule has 1 saturated carbocycles. The second-order valence-electron chi connectivity index (χ2n) is 5.07. The van der Waals surface area contributed by atoms with Crippen molar-refractivity contribution in [1.29, 1.82) is 0 Å². The molecule has 3 nitrogen and oxygen atoms in total. The maximum Gasteiger partial charge on any atom is 0.0623 e. The molecule has 1 fully saturated rings. The highest BCUT2D eigenvalue weighted by molar-refractivity contribution is 5.09. The smallest absolute Gasteiger partial charge is 0.0623 e. The van der Waals surface area contributed by atoms with Gasteiger partial charge in [0.2, 0.25) is 0 Å². The average Bonchev–Trinajstić information content (AvgIpc) is 2.59. The lowest BCUT2D eigenvalue weighted by molar-refractivity contribution is 0.0834. The van der Waals surface area contributed by atoms with Crippen LogP contribution in [-0.4, -0.2) is 21.0 Å². The van der Waals surface area contributed by atoms with E-state index in [-0.39, 0.29) is 6.10 Å². The van der Waals surface area contributed by atoms with E-state index in [2.05, 4.69) is 11.2 Å². The van der Waals surface area contributed by atoms with Crippen molar-refractivity contribution in [2.75, 3.05) is 0 Å². The van der Waals surface area contributed by atoms with Crippen molar-refractivity contribution in [2.45, 2.75) is 51.6 Å². The monoisotopic (exact) mass is 222 g/mol. The SMILES string of the molecule is Cc1cc(CC(O)C2CCCCC2)n(C)n1. The van der Waals surface area contributed by atoms with Crippen LogP contribution in [0.1, 0.15) is 43.5 Å². The Morgan fingerprint density at radius 3 is 2.69 bits per heavy atom. The van der Waals surface area contributed by atoms with Crippen LogP contribution in [0.2, 0.25) is 0 Å². The van der Waals surface area contributed by atoms with Crippen LogP contribution in [0, 0.1) is 12.8 Å². The maximum atomic E-state index is 10.2. The molecular weight excluding hydrogens is 200 g/mol. The van der Waals surface area contributed by atoms with Gasteiger partial charge in [0.05, 0.1) is 11.8 Å². The molecule has 0 amide bonds. The number of nitrogens with zero attached hydrogens (tertiary/aromatic N) is 2. The lowest BCUT2D eigenvalue weighted by Gasteiger charge is -2.26. The van der Waals surface area contributed by atoms with Gasteiger partial charge in [0.15, 0.2) is 0 Å². The van der Waals surface area contributed by atoms with Crippen LogP contribution < -0.4 is 0 Å². The molecule has 0 spiro atoms. The van der Waals surface area contributed by atoms with Gasteiger partial charge in [-0.2, -0.15) is 5.10 Å². The van der Waals surface area contributed by atoms with Gasteiger partial charge in [0.25, 0.3) is 0 Å². The van der Waals surface area contributed by atoms with Crippen LogP contribution in [0.25, 0.3) is 0 Å². The lowest BCUT2D eigenvalue weighted by Crippen LogP contribution is -2.25. The van der Waals surface area contributed by atoms with Crippen molar-refractivity contribution in [3.05, 3.63) is 17.5 Å². The Kier molecular flexibility index (Phi) is 3.64. The zero-order chi connectivity index (χ0) is 11.5. The Morgan fingerprint density at radius 1 is 1.44 bits per heavy atom. The molecule has 16 heavy (non-hydrogen) atoms. The quantitative estimate of drug-likeness (QED) is 0.851. The summed E-state index contributed by atoms with van der Waals surface area (Å²) in [6.45, 7) is 2.00. The fraction of sp³-hybridized carbons (Fsp3) is 0.769. The van der Waals surface area contributed by atoms with Crippen molar-refractivity contribution >= 4 is 0 Å². The highest BCUT2D eigenvalue weighted by Gasteiger charge is 2.22. The largest absolute Gasteiger partial charge is 0.392 e. The van der Waals surface area contributed by atoms with Crippen LogP contribution in [0.3, 0.4) is 0 Å². The van der Waals surface area contributed by atoms with Crippen LogP contribution >= 0.6 is 0 Å². The fourth-order valence-corrected chi connectivity index (χ4v) is 2.76. The van der Waals surface area contributed by atoms with Crippen molar-refractivity contribution in [2.24, 2.45) is 13.0 Å². The molecule has 0 saturated heterocycles. The molecule has 0 bridgehead atoms. The minimum absolute atomic E-state index is 0.185. The summed E-state index contributed by atoms with van der Waals surface area (Å²) in [4.78, 5) is 0. The molecule has 0 aromatic carbocycles. The number of hydrogen-bond donors (Lipinski definition) is 1. The fourth-order valence-electron chi connectivity index (χ4n) is 2.76. The first-order chi connectivity index (χ1) is 7.66. The normalized spacial score (nSPS) is 19.9. The number of rotatable bonds is 3. The van der Waals surface area contributed by atoms with E-state index < -0.39 is 0 Å². The van der Waals surface area contributed by atoms with E-state index >= 15 is 0 Å². The van der Waals surface area contributed by atoms with Crippen LogP contribution in [0.15, 0.2) is 6.07 Å². The van der Waals surface area contributed by atoms with Crippen LogP contribution in [0.4, 0.5) is 0 Å². The third-order valence-corrected chi connectivity index (χ3v) is 3.71. The molecule has 0 aliphatic heterocycles. The zero-order valence-corrected chi connectivity index (χ0v) is 10.3. The topological polar surface area (TPSA) is 38.0 Å². The predicted octanol–water partition coefficient (Wildman–Crippen LogP) is 2.21. The van der Waals surface area contributed by atoms with E-state index in [0.717, 1.165) is 17.8 Å². The second kappa shape index (κ2) is 5.00. The van der Waals surface area contributed by atoms with Gasteiger partial charge in [-0.1, -0.05) is 19.3 Å². The molecule has 1 unspecified atom stereocenters. The first kappa shape index (κ1) is 11.6. The summed E-state index contributed by atoms with van der Waals surface area (Å²) < 4.78 is 1.89. The maximum absolute atomic E-state index is 10.2. The van der Waals surface area contributed by atoms with E-state index in [9.17, 15) is 5.11 Å². The van der Waals surface area contributed by atoms with Crippen molar-refractivity contribution < 1.29 is 5.11 Å². The van der Waals surface area contributed by atoms with Crippen LogP contribution in [-0.2, 0) is 13.5 Å². The van der Waals surface area contributed by atoms with Gasteiger partial charge in [-0.25, -0.2) is 0 Å². The highest BCUT2D eigenvalue weighted by Crippen LogP contribution is 2.27. The number of aliphatic hydroxyl groups is 1. The summed E-state index contributed by atoms with van der Waals surface area (Å²) >= 11 is 0. The zero-order valence-electron chi connectivity index (χ0n) is 10.3. The molecule has 2 rings (SSSR count). The molecular formula is C13H22N2O. The Hall–Kier alpha value is -0.830. The molecule has 1 heterocycles. The molecule has 1 N–H and O–H groups in total. The standard InChI is InChI=1S/C13H22N2O/c1-10-8-12(15(2)14-10)9-13(16)11-6-4-3-5-7-11/h8,11,13,16H,3-7,9H2,1-2H3. The Bertz CT molecular complexity index is 340. The predicted molar refractivity (Wildman–Crippen MR) is 64.2 cm³/mol. The minimum Gasteiger partial charge on any atom is -0.392 e. The summed E-state index contributed by atoms with van der Waals surface area (Å²) in [7, 11) is 1.95. The van der Waals surface area contributed by atoms with E-state index in [4.69, 9.17) is 0 Å². The minimum atomic E-state index is -0.185. The number of aryl methyl sites for hydroxylation is 2. The van der Waals surface area contributed by atoms with Gasteiger partial charge in [0, 0.05) is 19.2 Å². The third kappa shape index (κ3) is 2.64. The summed E-state index contributed by atoms with van der Waals surface area (Å²) in [5.74, 6) is 0.504. The number of aliphatic hydroxyl groups excluding tert-OH is 1. The van der Waals surface area contributed by atoms with E-state index in [0.29, 0.717) is 5.92 Å². The summed E-state index contributed by atoms with van der Waals surface area (Å²) in [5.41, 5.74) is 2.18. The lowest BCUT2D eigenvalue weighted by atomic mass is 9.84. The van der Waals surface area contributed by atoms with Crippen LogP contribution in [0.5, 0.6) is 0 Å². The van der Waals surface area contributed by atoms with E-state index in [1.807, 2.05) is 18.7 Å². The highest BCUT2D eigenvalue weighted by atomic mass is 16.3. The van der Waals surface area contributed by atoms with Gasteiger partial charge in [-0.15, -0.1) is 0 Å². The Labute approximate surface area is 97.5 Å². The summed E-state index contributed by atoms with van der Waals surface area (Å²) in [5, 5.41) is 14.5. The molecule has 1 aliphatic rings. The average molecular weight is 222 g/mol. The molecule has 90 valence electrons. The van der Waals surface area contributed by atoms with Gasteiger partial charge >= 0.3 is 0 Å². The molecule has 3 heteroatoms. The molecule has 1 aliphatic carbocycles. The second-order valence-corrected chi connectivity index (χ2v) is 5.07. The summed E-state index contributed by atoms with van der Waals surface area (Å²) in [6.07, 6.45) is 6.86. The molecule has 0 radical (unpaired) electrons. The van der Waals surface area contributed by atoms with E-state index in [1.54, 1.807) is 0 Å². The van der Waals surface area contributed by atoms with Gasteiger partial charge < -0.3 is 5.11 Å². The first-order valence-electron chi connectivity index (χ1n) is 6.34. The van der Waals surface area contributed by atoms with Gasteiger partial charge in [0.1, 0.15) is 0 Å². The summed E-state index contributed by atoms with van der Waals surface area (Å²) in [6, 6.07) is 2.08.